The Kier molecular flexibility index (Phi) is 5.62. The molecule has 7 heteroatoms. The smallest absolute Gasteiger partial charge is 0.193 e. The highest BCUT2D eigenvalue weighted by molar-refractivity contribution is 6.03. The number of piperidine rings is 1. The summed E-state index contributed by atoms with van der Waals surface area (Å²) in [5, 5.41) is 10.6. The van der Waals surface area contributed by atoms with Crippen molar-refractivity contribution in [2.45, 2.75) is 39.7 Å². The van der Waals surface area contributed by atoms with E-state index in [0.717, 1.165) is 37.2 Å². The van der Waals surface area contributed by atoms with Crippen LogP contribution >= 0.6 is 0 Å². The molecule has 1 saturated heterocycles. The molecule has 1 aliphatic heterocycles. The SMILES string of the molecule is CC(=O)c1c(C)[nH]c(C(=O)CN2CCC([C@@H](O)c3nccn3C)CC2)c1C. The van der Waals surface area contributed by atoms with Gasteiger partial charge in [0.25, 0.3) is 0 Å². The van der Waals surface area contributed by atoms with Crippen LogP contribution in [0.5, 0.6) is 0 Å². The molecule has 0 amide bonds. The molecule has 1 atom stereocenters. The topological polar surface area (TPSA) is 91.2 Å². The first-order chi connectivity index (χ1) is 12.8. The second-order valence-electron chi connectivity index (χ2n) is 7.56. The highest BCUT2D eigenvalue weighted by Gasteiger charge is 2.30. The number of H-pyrrole nitrogens is 1. The van der Waals surface area contributed by atoms with Crippen LogP contribution in [0.1, 0.15) is 63.8 Å². The quantitative estimate of drug-likeness (QED) is 0.759. The van der Waals surface area contributed by atoms with Gasteiger partial charge in [0.05, 0.1) is 12.2 Å². The zero-order chi connectivity index (χ0) is 19.7. The van der Waals surface area contributed by atoms with Crippen molar-refractivity contribution in [3.05, 3.63) is 40.7 Å². The predicted octanol–water partition coefficient (Wildman–Crippen LogP) is 2.20. The number of Topliss-reactive ketones (excluding diaryl/α,β-unsaturated/α-hetero) is 2. The molecule has 0 spiro atoms. The summed E-state index contributed by atoms with van der Waals surface area (Å²) in [4.78, 5) is 33.9. The van der Waals surface area contributed by atoms with Crippen molar-refractivity contribution in [3.63, 3.8) is 0 Å². The molecule has 0 unspecified atom stereocenters. The second-order valence-corrected chi connectivity index (χ2v) is 7.56. The maximum absolute atomic E-state index is 12.7. The monoisotopic (exact) mass is 372 g/mol. The van der Waals surface area contributed by atoms with Crippen molar-refractivity contribution in [2.24, 2.45) is 13.0 Å². The highest BCUT2D eigenvalue weighted by Crippen LogP contribution is 2.30. The minimum absolute atomic E-state index is 0.00574. The van der Waals surface area contributed by atoms with Gasteiger partial charge in [0.1, 0.15) is 11.9 Å². The lowest BCUT2D eigenvalue weighted by Gasteiger charge is -2.33. The number of ketones is 2. The number of aryl methyl sites for hydroxylation is 2. The van der Waals surface area contributed by atoms with E-state index < -0.39 is 6.10 Å². The van der Waals surface area contributed by atoms with Crippen molar-refractivity contribution in [1.29, 1.82) is 0 Å². The molecule has 0 radical (unpaired) electrons. The van der Waals surface area contributed by atoms with Crippen LogP contribution < -0.4 is 0 Å². The lowest BCUT2D eigenvalue weighted by atomic mass is 9.90. The van der Waals surface area contributed by atoms with E-state index in [0.29, 0.717) is 23.6 Å². The molecule has 0 aliphatic carbocycles. The van der Waals surface area contributed by atoms with E-state index in [9.17, 15) is 14.7 Å². The second kappa shape index (κ2) is 7.78. The maximum Gasteiger partial charge on any atom is 0.193 e. The molecule has 3 rings (SSSR count). The summed E-state index contributed by atoms with van der Waals surface area (Å²) in [6, 6.07) is 0. The molecule has 0 saturated carbocycles. The number of carbonyl (C=O) groups excluding carboxylic acids is 2. The van der Waals surface area contributed by atoms with Gasteiger partial charge in [-0.15, -0.1) is 0 Å². The Balaban J connectivity index is 1.59. The van der Waals surface area contributed by atoms with Gasteiger partial charge >= 0.3 is 0 Å². The van der Waals surface area contributed by atoms with Crippen LogP contribution in [0, 0.1) is 19.8 Å². The van der Waals surface area contributed by atoms with Gasteiger partial charge in [0.2, 0.25) is 0 Å². The first-order valence-corrected chi connectivity index (χ1v) is 9.40. The van der Waals surface area contributed by atoms with E-state index in [2.05, 4.69) is 14.9 Å². The highest BCUT2D eigenvalue weighted by atomic mass is 16.3. The number of hydrogen-bond donors (Lipinski definition) is 2. The third-order valence-electron chi connectivity index (χ3n) is 5.64. The summed E-state index contributed by atoms with van der Waals surface area (Å²) in [5.74, 6) is 0.825. The van der Waals surface area contributed by atoms with Crippen LogP contribution in [0.15, 0.2) is 12.4 Å². The Morgan fingerprint density at radius 3 is 2.52 bits per heavy atom. The molecule has 7 nitrogen and oxygen atoms in total. The first kappa shape index (κ1) is 19.5. The Bertz CT molecular complexity index is 844. The summed E-state index contributed by atoms with van der Waals surface area (Å²) in [5.41, 5.74) is 2.65. The maximum atomic E-state index is 12.7. The van der Waals surface area contributed by atoms with E-state index >= 15 is 0 Å². The van der Waals surface area contributed by atoms with Gasteiger partial charge in [0.15, 0.2) is 11.6 Å². The number of carbonyl (C=O) groups is 2. The minimum atomic E-state index is -0.575. The number of likely N-dealkylation sites (tertiary alicyclic amines) is 1. The molecule has 146 valence electrons. The number of hydrogen-bond acceptors (Lipinski definition) is 5. The summed E-state index contributed by atoms with van der Waals surface area (Å²) in [6.07, 6.45) is 4.60. The Labute approximate surface area is 159 Å². The van der Waals surface area contributed by atoms with Crippen molar-refractivity contribution in [2.75, 3.05) is 19.6 Å². The van der Waals surface area contributed by atoms with Crippen molar-refractivity contribution >= 4 is 11.6 Å². The molecule has 1 fully saturated rings. The third kappa shape index (κ3) is 3.89. The normalized spacial score (nSPS) is 17.2. The lowest BCUT2D eigenvalue weighted by molar-refractivity contribution is 0.0496. The zero-order valence-corrected chi connectivity index (χ0v) is 16.5. The average Bonchev–Trinajstić information content (AvgIpc) is 3.17. The molecule has 2 aromatic heterocycles. The molecule has 27 heavy (non-hydrogen) atoms. The van der Waals surface area contributed by atoms with E-state index in [-0.39, 0.29) is 17.5 Å². The van der Waals surface area contributed by atoms with Crippen LogP contribution in [0.25, 0.3) is 0 Å². The Hall–Kier alpha value is -2.25. The van der Waals surface area contributed by atoms with Crippen LogP contribution in [0.2, 0.25) is 0 Å². The van der Waals surface area contributed by atoms with Gasteiger partial charge in [-0.2, -0.15) is 0 Å². The van der Waals surface area contributed by atoms with Crippen LogP contribution in [0.3, 0.4) is 0 Å². The largest absolute Gasteiger partial charge is 0.385 e. The van der Waals surface area contributed by atoms with Crippen LogP contribution in [-0.4, -0.2) is 55.7 Å². The van der Waals surface area contributed by atoms with Crippen molar-refractivity contribution in [1.82, 2.24) is 19.4 Å². The number of aromatic amines is 1. The fourth-order valence-electron chi connectivity index (χ4n) is 4.14. The van der Waals surface area contributed by atoms with E-state index in [1.54, 1.807) is 6.20 Å². The number of aliphatic hydroxyl groups is 1. The van der Waals surface area contributed by atoms with Gasteiger partial charge in [-0.25, -0.2) is 4.98 Å². The van der Waals surface area contributed by atoms with Gasteiger partial charge < -0.3 is 14.7 Å². The minimum Gasteiger partial charge on any atom is -0.385 e. The standard InChI is InChI=1S/C20H28N4O3/c1-12-17(14(3)25)13(2)22-18(12)16(26)11-24-8-5-15(6-9-24)19(27)20-21-7-10-23(20)4/h7,10,15,19,22,27H,5-6,8-9,11H2,1-4H3/t19-/m1/s1. The molecular formula is C20H28N4O3. The van der Waals surface area contributed by atoms with E-state index in [1.807, 2.05) is 31.7 Å². The molecule has 3 heterocycles. The van der Waals surface area contributed by atoms with E-state index in [4.69, 9.17) is 0 Å². The Morgan fingerprint density at radius 1 is 1.33 bits per heavy atom. The number of imidazole rings is 1. The molecule has 2 aromatic rings. The van der Waals surface area contributed by atoms with Gasteiger partial charge in [-0.3, -0.25) is 14.5 Å². The molecule has 0 aromatic carbocycles. The van der Waals surface area contributed by atoms with Gasteiger partial charge in [-0.1, -0.05) is 0 Å². The fraction of sp³-hybridized carbons (Fsp3) is 0.550. The van der Waals surface area contributed by atoms with E-state index in [1.165, 1.54) is 6.92 Å². The fourth-order valence-corrected chi connectivity index (χ4v) is 4.14. The summed E-state index contributed by atoms with van der Waals surface area (Å²) in [7, 11) is 1.88. The number of nitrogens with zero attached hydrogens (tertiary/aromatic N) is 3. The van der Waals surface area contributed by atoms with Gasteiger partial charge in [-0.05, 0) is 58.2 Å². The van der Waals surface area contributed by atoms with Crippen molar-refractivity contribution < 1.29 is 14.7 Å². The number of nitrogens with one attached hydrogen (secondary N) is 1. The average molecular weight is 372 g/mol. The number of aromatic nitrogens is 3. The molecule has 2 N–H and O–H groups in total. The number of rotatable bonds is 6. The van der Waals surface area contributed by atoms with Crippen LogP contribution in [0.4, 0.5) is 0 Å². The van der Waals surface area contributed by atoms with Crippen LogP contribution in [-0.2, 0) is 7.05 Å². The molecule has 0 bridgehead atoms. The van der Waals surface area contributed by atoms with Crippen molar-refractivity contribution in [3.8, 4) is 0 Å². The third-order valence-corrected chi connectivity index (χ3v) is 5.64. The number of aliphatic hydroxyl groups excluding tert-OH is 1. The van der Waals surface area contributed by atoms with Gasteiger partial charge in [0, 0.05) is 30.7 Å². The summed E-state index contributed by atoms with van der Waals surface area (Å²) in [6.45, 7) is 7.01. The lowest BCUT2D eigenvalue weighted by Crippen LogP contribution is -2.39. The first-order valence-electron chi connectivity index (χ1n) is 9.40. The zero-order valence-electron chi connectivity index (χ0n) is 16.5. The molecule has 1 aliphatic rings. The molecular weight excluding hydrogens is 344 g/mol. The predicted molar refractivity (Wildman–Crippen MR) is 102 cm³/mol. The summed E-state index contributed by atoms with van der Waals surface area (Å²) >= 11 is 0. The Morgan fingerprint density at radius 2 is 2.00 bits per heavy atom. The summed E-state index contributed by atoms with van der Waals surface area (Å²) < 4.78 is 1.85.